The molecule has 2 aliphatic rings. The molecule has 1 unspecified atom stereocenters. The first-order valence-corrected chi connectivity index (χ1v) is 7.79. The van der Waals surface area contributed by atoms with E-state index in [2.05, 4.69) is 19.2 Å². The minimum absolute atomic E-state index is 0.0400. The van der Waals surface area contributed by atoms with Crippen LogP contribution in [0.5, 0.6) is 0 Å². The minimum Gasteiger partial charge on any atom is -0.480 e. The summed E-state index contributed by atoms with van der Waals surface area (Å²) in [5.41, 5.74) is -0.269. The van der Waals surface area contributed by atoms with Crippen LogP contribution in [-0.2, 0) is 14.3 Å². The van der Waals surface area contributed by atoms with E-state index in [-0.39, 0.29) is 24.0 Å². The van der Waals surface area contributed by atoms with Crippen LogP contribution in [0.2, 0.25) is 0 Å². The fourth-order valence-corrected chi connectivity index (χ4v) is 3.36. The Morgan fingerprint density at radius 3 is 2.52 bits per heavy atom. The highest BCUT2D eigenvalue weighted by Crippen LogP contribution is 2.37. The molecule has 0 aromatic heterocycles. The van der Waals surface area contributed by atoms with Crippen LogP contribution in [0.15, 0.2) is 0 Å². The van der Waals surface area contributed by atoms with Gasteiger partial charge in [-0.1, -0.05) is 13.8 Å². The Bertz CT molecular complexity index is 383. The second-order valence-electron chi connectivity index (χ2n) is 6.43. The summed E-state index contributed by atoms with van der Waals surface area (Å²) < 4.78 is 5.32. The number of rotatable bonds is 5. The number of aliphatic carboxylic acids is 1. The summed E-state index contributed by atoms with van der Waals surface area (Å²) in [6.45, 7) is 6.98. The SMILES string of the molecule is CC(C)C1(C(=O)N2CCC(OCC(=O)O)CC2)CCNC1. The van der Waals surface area contributed by atoms with Crippen LogP contribution in [0.1, 0.15) is 33.1 Å². The Hall–Kier alpha value is -1.14. The van der Waals surface area contributed by atoms with E-state index in [0.29, 0.717) is 19.0 Å². The van der Waals surface area contributed by atoms with E-state index < -0.39 is 5.97 Å². The molecule has 21 heavy (non-hydrogen) atoms. The van der Waals surface area contributed by atoms with E-state index in [4.69, 9.17) is 9.84 Å². The second kappa shape index (κ2) is 6.75. The average molecular weight is 298 g/mol. The van der Waals surface area contributed by atoms with E-state index in [0.717, 1.165) is 32.4 Å². The fourth-order valence-electron chi connectivity index (χ4n) is 3.36. The number of carboxylic acids is 1. The van der Waals surface area contributed by atoms with Gasteiger partial charge in [0.05, 0.1) is 11.5 Å². The van der Waals surface area contributed by atoms with Crippen molar-refractivity contribution in [3.8, 4) is 0 Å². The third-order valence-corrected chi connectivity index (χ3v) is 4.89. The summed E-state index contributed by atoms with van der Waals surface area (Å²) in [5, 5.41) is 11.9. The number of amides is 1. The standard InChI is InChI=1S/C15H26N2O4/c1-11(2)15(5-6-16-10-15)14(20)17-7-3-12(4-8-17)21-9-13(18)19/h11-12,16H,3-10H2,1-2H3,(H,18,19). The summed E-state index contributed by atoms with van der Waals surface area (Å²) >= 11 is 0. The number of nitrogens with one attached hydrogen (secondary N) is 1. The molecule has 120 valence electrons. The van der Waals surface area contributed by atoms with Gasteiger partial charge in [-0.25, -0.2) is 4.79 Å². The number of hydrogen-bond donors (Lipinski definition) is 2. The van der Waals surface area contributed by atoms with E-state index in [1.165, 1.54) is 0 Å². The molecule has 0 aromatic carbocycles. The molecule has 6 nitrogen and oxygen atoms in total. The summed E-state index contributed by atoms with van der Waals surface area (Å²) in [5.74, 6) is -0.371. The number of carbonyl (C=O) groups is 2. The minimum atomic E-state index is -0.940. The first kappa shape index (κ1) is 16.2. The van der Waals surface area contributed by atoms with Crippen LogP contribution in [-0.4, -0.2) is 60.8 Å². The largest absolute Gasteiger partial charge is 0.480 e. The second-order valence-corrected chi connectivity index (χ2v) is 6.43. The molecule has 1 atom stereocenters. The molecule has 1 amide bonds. The molecule has 6 heteroatoms. The Morgan fingerprint density at radius 2 is 2.05 bits per heavy atom. The van der Waals surface area contributed by atoms with Gasteiger partial charge in [0.2, 0.25) is 5.91 Å². The maximum Gasteiger partial charge on any atom is 0.329 e. The quantitative estimate of drug-likeness (QED) is 0.781. The van der Waals surface area contributed by atoms with Crippen LogP contribution < -0.4 is 5.32 Å². The van der Waals surface area contributed by atoms with Crippen molar-refractivity contribution in [1.29, 1.82) is 0 Å². The van der Waals surface area contributed by atoms with Gasteiger partial charge in [-0.3, -0.25) is 4.79 Å². The number of hydrogen-bond acceptors (Lipinski definition) is 4. The molecular formula is C15H26N2O4. The highest BCUT2D eigenvalue weighted by atomic mass is 16.5. The third kappa shape index (κ3) is 3.55. The molecular weight excluding hydrogens is 272 g/mol. The Kier molecular flexibility index (Phi) is 5.22. The van der Waals surface area contributed by atoms with Gasteiger partial charge in [-0.2, -0.15) is 0 Å². The number of nitrogens with zero attached hydrogens (tertiary/aromatic N) is 1. The van der Waals surface area contributed by atoms with Crippen LogP contribution >= 0.6 is 0 Å². The number of likely N-dealkylation sites (tertiary alicyclic amines) is 1. The van der Waals surface area contributed by atoms with Gasteiger partial charge < -0.3 is 20.1 Å². The molecule has 0 aliphatic carbocycles. The predicted molar refractivity (Wildman–Crippen MR) is 77.9 cm³/mol. The van der Waals surface area contributed by atoms with Crippen molar-refractivity contribution in [2.45, 2.75) is 39.2 Å². The lowest BCUT2D eigenvalue weighted by Gasteiger charge is -2.40. The van der Waals surface area contributed by atoms with Crippen molar-refractivity contribution in [1.82, 2.24) is 10.2 Å². The van der Waals surface area contributed by atoms with E-state index in [9.17, 15) is 9.59 Å². The third-order valence-electron chi connectivity index (χ3n) is 4.89. The number of carboxylic acid groups (broad SMARTS) is 1. The van der Waals surface area contributed by atoms with Gasteiger partial charge in [0.1, 0.15) is 6.61 Å². The molecule has 0 saturated carbocycles. The molecule has 0 aromatic rings. The molecule has 2 aliphatic heterocycles. The lowest BCUT2D eigenvalue weighted by Crippen LogP contribution is -2.51. The average Bonchev–Trinajstić information content (AvgIpc) is 2.95. The molecule has 2 rings (SSSR count). The predicted octanol–water partition coefficient (Wildman–Crippen LogP) is 0.714. The van der Waals surface area contributed by atoms with Gasteiger partial charge in [-0.15, -0.1) is 0 Å². The van der Waals surface area contributed by atoms with Gasteiger partial charge in [-0.05, 0) is 31.7 Å². The van der Waals surface area contributed by atoms with Crippen LogP contribution in [0.4, 0.5) is 0 Å². The van der Waals surface area contributed by atoms with Crippen molar-refractivity contribution >= 4 is 11.9 Å². The number of carbonyl (C=O) groups excluding carboxylic acids is 1. The van der Waals surface area contributed by atoms with Gasteiger partial charge in [0, 0.05) is 19.6 Å². The smallest absolute Gasteiger partial charge is 0.329 e. The van der Waals surface area contributed by atoms with Gasteiger partial charge >= 0.3 is 5.97 Å². The number of ether oxygens (including phenoxy) is 1. The Morgan fingerprint density at radius 1 is 1.38 bits per heavy atom. The Balaban J connectivity index is 1.89. The number of piperidine rings is 1. The Labute approximate surface area is 125 Å². The van der Waals surface area contributed by atoms with E-state index in [1.807, 2.05) is 4.90 Å². The van der Waals surface area contributed by atoms with Crippen LogP contribution in [0, 0.1) is 11.3 Å². The first-order valence-electron chi connectivity index (χ1n) is 7.79. The van der Waals surface area contributed by atoms with Gasteiger partial charge in [0.25, 0.3) is 0 Å². The fraction of sp³-hybridized carbons (Fsp3) is 0.867. The topological polar surface area (TPSA) is 78.9 Å². The maximum absolute atomic E-state index is 12.9. The molecule has 0 radical (unpaired) electrons. The summed E-state index contributed by atoms with van der Waals surface area (Å²) in [4.78, 5) is 25.3. The van der Waals surface area contributed by atoms with Crippen LogP contribution in [0.3, 0.4) is 0 Å². The summed E-state index contributed by atoms with van der Waals surface area (Å²) in [6, 6.07) is 0. The molecule has 2 fully saturated rings. The van der Waals surface area contributed by atoms with E-state index in [1.54, 1.807) is 0 Å². The van der Waals surface area contributed by atoms with Crippen LogP contribution in [0.25, 0.3) is 0 Å². The van der Waals surface area contributed by atoms with Crippen molar-refractivity contribution in [3.63, 3.8) is 0 Å². The normalized spacial score (nSPS) is 27.3. The zero-order valence-electron chi connectivity index (χ0n) is 12.9. The molecule has 0 spiro atoms. The summed E-state index contributed by atoms with van der Waals surface area (Å²) in [6.07, 6.45) is 2.31. The molecule has 2 N–H and O–H groups in total. The molecule has 2 heterocycles. The lowest BCUT2D eigenvalue weighted by molar-refractivity contribution is -0.150. The van der Waals surface area contributed by atoms with Gasteiger partial charge in [0.15, 0.2) is 0 Å². The van der Waals surface area contributed by atoms with Crippen molar-refractivity contribution in [2.75, 3.05) is 32.8 Å². The molecule has 2 saturated heterocycles. The van der Waals surface area contributed by atoms with Crippen molar-refractivity contribution < 1.29 is 19.4 Å². The highest BCUT2D eigenvalue weighted by Gasteiger charge is 2.46. The highest BCUT2D eigenvalue weighted by molar-refractivity contribution is 5.83. The lowest BCUT2D eigenvalue weighted by atomic mass is 9.75. The zero-order chi connectivity index (χ0) is 15.5. The van der Waals surface area contributed by atoms with Crippen molar-refractivity contribution in [3.05, 3.63) is 0 Å². The first-order chi connectivity index (χ1) is 9.95. The van der Waals surface area contributed by atoms with Crippen molar-refractivity contribution in [2.24, 2.45) is 11.3 Å². The maximum atomic E-state index is 12.9. The monoisotopic (exact) mass is 298 g/mol. The molecule has 0 bridgehead atoms. The van der Waals surface area contributed by atoms with E-state index >= 15 is 0 Å². The summed E-state index contributed by atoms with van der Waals surface area (Å²) in [7, 11) is 0. The zero-order valence-corrected chi connectivity index (χ0v) is 12.9.